The van der Waals surface area contributed by atoms with Crippen molar-refractivity contribution in [1.82, 2.24) is 13.7 Å². The highest BCUT2D eigenvalue weighted by Crippen LogP contribution is 2.40. The summed E-state index contributed by atoms with van der Waals surface area (Å²) in [5.41, 5.74) is 9.70. The van der Waals surface area contributed by atoms with E-state index in [1.165, 1.54) is 10.8 Å². The molecule has 0 saturated heterocycles. The molecule has 0 N–H and O–H groups in total. The third kappa shape index (κ3) is 2.41. The lowest BCUT2D eigenvalue weighted by atomic mass is 9.32. The molecule has 12 rings (SSSR count). The molecule has 0 radical (unpaired) electrons. The van der Waals surface area contributed by atoms with E-state index in [0.717, 1.165) is 91.5 Å². The summed E-state index contributed by atoms with van der Waals surface area (Å²) in [4.78, 5) is 14.7. The molecule has 3 aromatic heterocycles. The molecule has 0 amide bonds. The van der Waals surface area contributed by atoms with Gasteiger partial charge < -0.3 is 9.13 Å². The first-order chi connectivity index (χ1) is 22.6. The minimum absolute atomic E-state index is 0.00611. The molecule has 0 spiro atoms. The lowest BCUT2D eigenvalue weighted by Crippen LogP contribution is -2.63. The fourth-order valence-corrected chi connectivity index (χ4v) is 9.84. The maximum atomic E-state index is 14.7. The van der Waals surface area contributed by atoms with Gasteiger partial charge in [-0.05, 0) is 56.8 Å². The lowest BCUT2D eigenvalue weighted by Gasteiger charge is -2.40. The molecule has 0 fully saturated rings. The maximum Gasteiger partial charge on any atom is 0.263 e. The first-order valence-electron chi connectivity index (χ1n) is 15.5. The van der Waals surface area contributed by atoms with Crippen LogP contribution in [-0.4, -0.2) is 20.4 Å². The SMILES string of the molecule is O=c1c2ccccc2c2ccc3c4c2n1-c1ccc2c5ccccc5c(=S)n5c2c1B4c1c-5ccc2c4ccccc4c(=S)n-3c12. The Kier molecular flexibility index (Phi) is 4.01. The van der Waals surface area contributed by atoms with Crippen molar-refractivity contribution in [2.45, 2.75) is 0 Å². The van der Waals surface area contributed by atoms with Gasteiger partial charge in [-0.25, -0.2) is 0 Å². The van der Waals surface area contributed by atoms with Crippen LogP contribution in [-0.2, 0) is 0 Å². The van der Waals surface area contributed by atoms with Gasteiger partial charge in [0.1, 0.15) is 9.28 Å². The number of rotatable bonds is 0. The van der Waals surface area contributed by atoms with Crippen LogP contribution in [0.4, 0.5) is 0 Å². The van der Waals surface area contributed by atoms with Crippen molar-refractivity contribution in [3.8, 4) is 17.1 Å². The third-order valence-corrected chi connectivity index (χ3v) is 11.6. The molecule has 4 nitrogen and oxygen atoms in total. The number of pyridine rings is 3. The quantitative estimate of drug-likeness (QED) is 0.102. The van der Waals surface area contributed by atoms with E-state index in [-0.39, 0.29) is 12.3 Å². The second-order valence-corrected chi connectivity index (χ2v) is 13.4. The summed E-state index contributed by atoms with van der Waals surface area (Å²) in [5, 5.41) is 9.44. The summed E-state index contributed by atoms with van der Waals surface area (Å²) < 4.78 is 8.09. The average Bonchev–Trinajstić information content (AvgIpc) is 3.10. The van der Waals surface area contributed by atoms with Crippen LogP contribution in [0, 0.1) is 9.28 Å². The second-order valence-electron chi connectivity index (χ2n) is 12.7. The van der Waals surface area contributed by atoms with Crippen molar-refractivity contribution in [2.75, 3.05) is 0 Å². The highest BCUT2D eigenvalue weighted by atomic mass is 32.1. The Balaban J connectivity index is 1.48. The van der Waals surface area contributed by atoms with Gasteiger partial charge in [-0.2, -0.15) is 0 Å². The van der Waals surface area contributed by atoms with Gasteiger partial charge in [0.15, 0.2) is 0 Å². The van der Waals surface area contributed by atoms with Crippen molar-refractivity contribution >= 4 is 113 Å². The standard InChI is InChI=1S/C39H18BN3OS2/c44-37-25-10-4-1-7-19(25)22-14-17-29-32-34(22)41(37)28-16-13-23-20-8-2-5-11-26(20)39(46)43-30-18-15-24-21-9-3-6-12-27(21)38(45)42(29)36(24)33(30)40(32)31(28)35(23)43/h1-18H. The Morgan fingerprint density at radius 2 is 0.739 bits per heavy atom. The smallest absolute Gasteiger partial charge is 0.263 e. The predicted octanol–water partition coefficient (Wildman–Crippen LogP) is 7.25. The summed E-state index contributed by atoms with van der Waals surface area (Å²) in [6.45, 7) is -0.0946. The number of nitrogens with zero attached hydrogens (tertiary/aromatic N) is 3. The zero-order valence-corrected chi connectivity index (χ0v) is 25.7. The van der Waals surface area contributed by atoms with Gasteiger partial charge in [-0.15, -0.1) is 0 Å². The Hall–Kier alpha value is -5.37. The number of aromatic nitrogens is 3. The number of benzene rings is 6. The van der Waals surface area contributed by atoms with Gasteiger partial charge in [0.05, 0.1) is 16.6 Å². The summed E-state index contributed by atoms with van der Waals surface area (Å²) in [5.74, 6) is 0. The van der Waals surface area contributed by atoms with Crippen LogP contribution in [0.3, 0.4) is 0 Å². The molecular formula is C39H18BN3OS2. The molecule has 0 unspecified atom stereocenters. The molecule has 9 aromatic rings. The molecular weight excluding hydrogens is 601 g/mol. The zero-order valence-electron chi connectivity index (χ0n) is 24.0. The molecule has 6 aromatic carbocycles. The fraction of sp³-hybridized carbons (Fsp3) is 0. The molecule has 46 heavy (non-hydrogen) atoms. The summed E-state index contributed by atoms with van der Waals surface area (Å²) in [6.07, 6.45) is 0. The van der Waals surface area contributed by atoms with Crippen molar-refractivity contribution in [3.63, 3.8) is 0 Å². The van der Waals surface area contributed by atoms with Crippen LogP contribution in [0.25, 0.3) is 82.1 Å². The Morgan fingerprint density at radius 1 is 0.391 bits per heavy atom. The molecule has 0 bridgehead atoms. The third-order valence-electron chi connectivity index (χ3n) is 10.8. The van der Waals surface area contributed by atoms with Gasteiger partial charge >= 0.3 is 0 Å². The van der Waals surface area contributed by atoms with Crippen LogP contribution < -0.4 is 21.9 Å². The van der Waals surface area contributed by atoms with Crippen molar-refractivity contribution < 1.29 is 0 Å². The second kappa shape index (κ2) is 7.70. The van der Waals surface area contributed by atoms with Crippen LogP contribution in [0.5, 0.6) is 0 Å². The highest BCUT2D eigenvalue weighted by Gasteiger charge is 2.45. The van der Waals surface area contributed by atoms with E-state index < -0.39 is 0 Å². The maximum absolute atomic E-state index is 14.7. The van der Waals surface area contributed by atoms with Crippen molar-refractivity contribution in [3.05, 3.63) is 129 Å². The Labute approximate surface area is 271 Å². The molecule has 0 atom stereocenters. The average molecular weight is 620 g/mol. The largest absolute Gasteiger partial charge is 0.301 e. The molecule has 3 aliphatic heterocycles. The number of hydrogen-bond donors (Lipinski definition) is 0. The summed E-state index contributed by atoms with van der Waals surface area (Å²) in [6, 6.07) is 38.2. The van der Waals surface area contributed by atoms with E-state index in [1.807, 2.05) is 22.8 Å². The Morgan fingerprint density at radius 3 is 1.20 bits per heavy atom. The molecule has 210 valence electrons. The van der Waals surface area contributed by atoms with Crippen molar-refractivity contribution in [2.24, 2.45) is 0 Å². The number of hydrogen-bond acceptors (Lipinski definition) is 3. The van der Waals surface area contributed by atoms with E-state index in [0.29, 0.717) is 5.39 Å². The van der Waals surface area contributed by atoms with Gasteiger partial charge in [0.2, 0.25) is 0 Å². The minimum atomic E-state index is -0.0946. The van der Waals surface area contributed by atoms with Gasteiger partial charge in [-0.1, -0.05) is 109 Å². The molecule has 0 saturated carbocycles. The first kappa shape index (κ1) is 23.9. The van der Waals surface area contributed by atoms with Crippen LogP contribution in [0.2, 0.25) is 0 Å². The summed E-state index contributed by atoms with van der Waals surface area (Å²) in [7, 11) is 0. The van der Waals surface area contributed by atoms with E-state index in [9.17, 15) is 4.79 Å². The van der Waals surface area contributed by atoms with Crippen LogP contribution >= 0.6 is 24.4 Å². The van der Waals surface area contributed by atoms with E-state index in [1.54, 1.807) is 0 Å². The topological polar surface area (TPSA) is 31.9 Å². The Bertz CT molecular complexity index is 2880. The van der Waals surface area contributed by atoms with Gasteiger partial charge in [-0.3, -0.25) is 9.36 Å². The van der Waals surface area contributed by atoms with Crippen LogP contribution in [0.1, 0.15) is 0 Å². The molecule has 0 aliphatic carbocycles. The first-order valence-corrected chi connectivity index (χ1v) is 16.3. The molecule has 3 aliphatic rings. The minimum Gasteiger partial charge on any atom is -0.301 e. The summed E-state index contributed by atoms with van der Waals surface area (Å²) >= 11 is 12.7. The molecule has 7 heteroatoms. The van der Waals surface area contributed by atoms with E-state index in [4.69, 9.17) is 24.4 Å². The van der Waals surface area contributed by atoms with E-state index in [2.05, 4.69) is 100 Å². The highest BCUT2D eigenvalue weighted by molar-refractivity contribution is 7.71. The van der Waals surface area contributed by atoms with Crippen molar-refractivity contribution in [1.29, 1.82) is 0 Å². The van der Waals surface area contributed by atoms with Gasteiger partial charge in [0, 0.05) is 49.4 Å². The van der Waals surface area contributed by atoms with Crippen LogP contribution in [0.15, 0.2) is 114 Å². The monoisotopic (exact) mass is 619 g/mol. The van der Waals surface area contributed by atoms with E-state index >= 15 is 0 Å². The molecule has 6 heterocycles. The normalized spacial score (nSPS) is 13.4. The lowest BCUT2D eigenvalue weighted by molar-refractivity contribution is 1.04. The predicted molar refractivity (Wildman–Crippen MR) is 196 cm³/mol. The zero-order chi connectivity index (χ0) is 30.2. The number of fused-ring (bicyclic) bond motifs is 9. The van der Waals surface area contributed by atoms with Gasteiger partial charge in [0.25, 0.3) is 12.3 Å². The fourth-order valence-electron chi connectivity index (χ4n) is 9.11.